The third kappa shape index (κ3) is 4.87. The van der Waals surface area contributed by atoms with Crippen LogP contribution in [0.25, 0.3) is 5.57 Å². The molecule has 5 nitrogen and oxygen atoms in total. The SMILES string of the molecule is O=C1CC[C@H](/C=C(/C(=O)Cc2nc(CF)cs2)c2ccc(S(=O)(=O)C3CC3)c(C3CC3)c2)C1. The van der Waals surface area contributed by atoms with E-state index in [-0.39, 0.29) is 35.1 Å². The fraction of sp³-hybridized carbons (Fsp3) is 0.480. The lowest BCUT2D eigenvalue weighted by Gasteiger charge is -2.15. The molecule has 8 heteroatoms. The lowest BCUT2D eigenvalue weighted by atomic mass is 9.92. The van der Waals surface area contributed by atoms with Gasteiger partial charge in [-0.1, -0.05) is 12.1 Å². The number of carbonyl (C=O) groups is 2. The second-order valence-corrected chi connectivity index (χ2v) is 12.5. The van der Waals surface area contributed by atoms with E-state index in [9.17, 15) is 22.4 Å². The molecule has 1 heterocycles. The van der Waals surface area contributed by atoms with E-state index in [4.69, 9.17) is 0 Å². The Kier molecular flexibility index (Phi) is 6.07. The number of alkyl halides is 1. The number of Topliss-reactive ketones (excluding diaryl/α,β-unsaturated/α-hetero) is 2. The van der Waals surface area contributed by atoms with Gasteiger partial charge in [0.2, 0.25) is 0 Å². The van der Waals surface area contributed by atoms with Crippen LogP contribution in [-0.2, 0) is 32.5 Å². The smallest absolute Gasteiger partial charge is 0.181 e. The minimum atomic E-state index is -3.34. The van der Waals surface area contributed by atoms with Gasteiger partial charge in [0, 0.05) is 23.8 Å². The van der Waals surface area contributed by atoms with E-state index < -0.39 is 16.5 Å². The molecule has 0 radical (unpaired) electrons. The Bertz CT molecular complexity index is 1240. The zero-order valence-electron chi connectivity index (χ0n) is 18.3. The summed E-state index contributed by atoms with van der Waals surface area (Å²) in [7, 11) is -3.34. The molecule has 2 aromatic rings. The first-order valence-corrected chi connectivity index (χ1v) is 13.9. The van der Waals surface area contributed by atoms with E-state index in [1.807, 2.05) is 12.1 Å². The Balaban J connectivity index is 1.51. The quantitative estimate of drug-likeness (QED) is 0.466. The van der Waals surface area contributed by atoms with Gasteiger partial charge in [0.15, 0.2) is 15.6 Å². The highest BCUT2D eigenvalue weighted by Crippen LogP contribution is 2.46. The summed E-state index contributed by atoms with van der Waals surface area (Å²) >= 11 is 1.26. The molecular formula is C25H26FNO4S2. The Morgan fingerprint density at radius 1 is 1.18 bits per heavy atom. The fourth-order valence-electron chi connectivity index (χ4n) is 4.54. The van der Waals surface area contributed by atoms with Crippen molar-refractivity contribution in [2.75, 3.05) is 0 Å². The van der Waals surface area contributed by atoms with Crippen LogP contribution in [0.4, 0.5) is 4.39 Å². The largest absolute Gasteiger partial charge is 0.300 e. The van der Waals surface area contributed by atoms with Crippen molar-refractivity contribution >= 4 is 38.3 Å². The Labute approximate surface area is 197 Å². The van der Waals surface area contributed by atoms with Gasteiger partial charge in [-0.2, -0.15) is 0 Å². The maximum atomic E-state index is 13.4. The van der Waals surface area contributed by atoms with Crippen molar-refractivity contribution in [2.24, 2.45) is 5.92 Å². The van der Waals surface area contributed by atoms with Crippen molar-refractivity contribution in [3.63, 3.8) is 0 Å². The number of benzene rings is 1. The van der Waals surface area contributed by atoms with E-state index in [0.29, 0.717) is 58.8 Å². The predicted octanol–water partition coefficient (Wildman–Crippen LogP) is 4.99. The molecule has 174 valence electrons. The number of ketones is 2. The van der Waals surface area contributed by atoms with Crippen molar-refractivity contribution in [3.05, 3.63) is 51.5 Å². The average molecular weight is 488 g/mol. The van der Waals surface area contributed by atoms with Gasteiger partial charge >= 0.3 is 0 Å². The van der Waals surface area contributed by atoms with Gasteiger partial charge in [-0.25, -0.2) is 17.8 Å². The molecule has 3 saturated carbocycles. The van der Waals surface area contributed by atoms with Gasteiger partial charge in [-0.3, -0.25) is 9.59 Å². The van der Waals surface area contributed by atoms with Crippen LogP contribution in [0.3, 0.4) is 0 Å². The third-order valence-corrected chi connectivity index (χ3v) is 9.87. The minimum Gasteiger partial charge on any atom is -0.300 e. The van der Waals surface area contributed by atoms with E-state index in [2.05, 4.69) is 4.98 Å². The molecule has 0 bridgehead atoms. The maximum Gasteiger partial charge on any atom is 0.181 e. The normalized spacial score (nSPS) is 21.5. The number of aromatic nitrogens is 1. The first-order valence-electron chi connectivity index (χ1n) is 11.5. The number of hydrogen-bond donors (Lipinski definition) is 0. The molecule has 0 amide bonds. The Hall–Kier alpha value is -2.19. The van der Waals surface area contributed by atoms with Crippen molar-refractivity contribution in [3.8, 4) is 0 Å². The van der Waals surface area contributed by atoms with E-state index in [0.717, 1.165) is 18.4 Å². The van der Waals surface area contributed by atoms with Crippen LogP contribution in [0.5, 0.6) is 0 Å². The molecule has 5 rings (SSSR count). The number of allylic oxidation sites excluding steroid dienone is 2. The van der Waals surface area contributed by atoms with Crippen molar-refractivity contribution in [2.45, 2.75) is 74.1 Å². The molecule has 3 aliphatic carbocycles. The molecule has 3 fully saturated rings. The number of nitrogens with zero attached hydrogens (tertiary/aromatic N) is 1. The van der Waals surface area contributed by atoms with Gasteiger partial charge in [-0.05, 0) is 67.2 Å². The monoisotopic (exact) mass is 487 g/mol. The summed E-state index contributed by atoms with van der Waals surface area (Å²) in [5, 5.41) is 1.89. The summed E-state index contributed by atoms with van der Waals surface area (Å²) in [5.74, 6) is 0.256. The van der Waals surface area contributed by atoms with Crippen molar-refractivity contribution in [1.82, 2.24) is 4.98 Å². The van der Waals surface area contributed by atoms with Crippen LogP contribution in [0, 0.1) is 5.92 Å². The second kappa shape index (κ2) is 8.87. The molecule has 0 N–H and O–H groups in total. The zero-order valence-corrected chi connectivity index (χ0v) is 19.9. The number of thiazole rings is 1. The lowest BCUT2D eigenvalue weighted by molar-refractivity contribution is -0.117. The zero-order chi connectivity index (χ0) is 23.2. The van der Waals surface area contributed by atoms with Crippen LogP contribution in [-0.4, -0.2) is 30.2 Å². The van der Waals surface area contributed by atoms with Crippen LogP contribution >= 0.6 is 11.3 Å². The molecule has 0 unspecified atom stereocenters. The van der Waals surface area contributed by atoms with Crippen LogP contribution in [0.1, 0.15) is 72.7 Å². The Morgan fingerprint density at radius 2 is 1.97 bits per heavy atom. The van der Waals surface area contributed by atoms with Crippen molar-refractivity contribution in [1.29, 1.82) is 0 Å². The molecule has 0 aliphatic heterocycles. The summed E-state index contributed by atoms with van der Waals surface area (Å²) in [4.78, 5) is 29.8. The molecule has 0 saturated heterocycles. The highest BCUT2D eigenvalue weighted by Gasteiger charge is 2.40. The standard InChI is InChI=1S/C25H26FNO4S2/c26-13-18-14-32-25(27-18)12-23(29)21(10-15-1-5-19(28)9-15)17-4-8-24(22(11-17)16-2-3-16)33(30,31)20-6-7-20/h4,8,10-11,14-16,20H,1-3,5-7,9,12-13H2/b21-10+/t15-/m0/s1. The highest BCUT2D eigenvalue weighted by atomic mass is 32.2. The Morgan fingerprint density at radius 3 is 2.58 bits per heavy atom. The summed E-state index contributed by atoms with van der Waals surface area (Å²) < 4.78 is 38.9. The van der Waals surface area contributed by atoms with Crippen molar-refractivity contribution < 1.29 is 22.4 Å². The fourth-order valence-corrected chi connectivity index (χ4v) is 7.24. The molecule has 1 aromatic heterocycles. The topological polar surface area (TPSA) is 81.2 Å². The second-order valence-electron chi connectivity index (χ2n) is 9.36. The summed E-state index contributed by atoms with van der Waals surface area (Å²) in [6, 6.07) is 5.28. The summed E-state index contributed by atoms with van der Waals surface area (Å²) in [6.45, 7) is -0.667. The maximum absolute atomic E-state index is 13.4. The van der Waals surface area contributed by atoms with E-state index in [1.54, 1.807) is 17.5 Å². The summed E-state index contributed by atoms with van der Waals surface area (Å²) in [6.07, 6.45) is 6.91. The summed E-state index contributed by atoms with van der Waals surface area (Å²) in [5.41, 5.74) is 2.33. The van der Waals surface area contributed by atoms with Gasteiger partial charge in [0.25, 0.3) is 0 Å². The minimum absolute atomic E-state index is 0.00611. The number of hydrogen-bond acceptors (Lipinski definition) is 6. The average Bonchev–Trinajstić information content (AvgIpc) is 3.72. The molecular weight excluding hydrogens is 461 g/mol. The van der Waals surface area contributed by atoms with Gasteiger partial charge < -0.3 is 0 Å². The van der Waals surface area contributed by atoms with Crippen LogP contribution < -0.4 is 0 Å². The van der Waals surface area contributed by atoms with Crippen LogP contribution in [0.2, 0.25) is 0 Å². The highest BCUT2D eigenvalue weighted by molar-refractivity contribution is 7.92. The first-order chi connectivity index (χ1) is 15.8. The van der Waals surface area contributed by atoms with E-state index in [1.165, 1.54) is 11.3 Å². The van der Waals surface area contributed by atoms with E-state index >= 15 is 0 Å². The van der Waals surface area contributed by atoms with Gasteiger partial charge in [0.1, 0.15) is 17.5 Å². The number of sulfone groups is 1. The number of carbonyl (C=O) groups excluding carboxylic acids is 2. The predicted molar refractivity (Wildman–Crippen MR) is 125 cm³/mol. The van der Waals surface area contributed by atoms with Crippen LogP contribution in [0.15, 0.2) is 34.6 Å². The number of rotatable bonds is 9. The first kappa shape index (κ1) is 22.6. The number of halogens is 1. The molecule has 33 heavy (non-hydrogen) atoms. The molecule has 1 atom stereocenters. The van der Waals surface area contributed by atoms with Gasteiger partial charge in [-0.15, -0.1) is 11.3 Å². The molecule has 3 aliphatic rings. The molecule has 1 aromatic carbocycles. The molecule has 0 spiro atoms. The van der Waals surface area contributed by atoms with Gasteiger partial charge in [0.05, 0.1) is 22.3 Å². The third-order valence-electron chi connectivity index (χ3n) is 6.64. The lowest BCUT2D eigenvalue weighted by Crippen LogP contribution is -2.12.